The minimum atomic E-state index is -2.38. The third-order valence-corrected chi connectivity index (χ3v) is 2.88. The minimum Gasteiger partial charge on any atom is -0.392 e. The summed E-state index contributed by atoms with van der Waals surface area (Å²) in [5.41, 5.74) is -1.59. The highest BCUT2D eigenvalue weighted by molar-refractivity contribution is 9.10. The minimum absolute atomic E-state index is 0.0156. The number of rotatable bonds is 5. The van der Waals surface area contributed by atoms with Crippen LogP contribution in [0.15, 0.2) is 30.3 Å². The van der Waals surface area contributed by atoms with E-state index in [1.165, 1.54) is 0 Å². The van der Waals surface area contributed by atoms with Crippen molar-refractivity contribution in [2.75, 3.05) is 6.61 Å². The maximum absolute atomic E-state index is 9.60. The van der Waals surface area contributed by atoms with Gasteiger partial charge in [-0.25, -0.2) is 0 Å². The van der Waals surface area contributed by atoms with Gasteiger partial charge in [-0.1, -0.05) is 30.3 Å². The van der Waals surface area contributed by atoms with Gasteiger partial charge >= 0.3 is 0 Å². The lowest BCUT2D eigenvalue weighted by atomic mass is 9.89. The van der Waals surface area contributed by atoms with Gasteiger partial charge in [-0.05, 0) is 21.5 Å². The van der Waals surface area contributed by atoms with Crippen LogP contribution in [0.5, 0.6) is 0 Å². The maximum atomic E-state index is 9.60. The van der Waals surface area contributed by atoms with Crippen LogP contribution >= 0.6 is 15.9 Å². The average molecular weight is 287 g/mol. The largest absolute Gasteiger partial charge is 0.392 e. The summed E-state index contributed by atoms with van der Waals surface area (Å²) < 4.78 is 2.85. The summed E-state index contributed by atoms with van der Waals surface area (Å²) in [4.78, 5) is 0. The zero-order valence-corrected chi connectivity index (χ0v) is 10.1. The van der Waals surface area contributed by atoms with E-state index in [9.17, 15) is 10.2 Å². The summed E-state index contributed by atoms with van der Waals surface area (Å²) in [6, 6.07) is 9.01. The highest BCUT2D eigenvalue weighted by atomic mass is 79.9. The van der Waals surface area contributed by atoms with Gasteiger partial charge in [0.2, 0.25) is 0 Å². The second-order valence-corrected chi connectivity index (χ2v) is 4.70. The Hall–Kier alpha value is -0.395. The Morgan fingerprint density at radius 2 is 1.81 bits per heavy atom. The van der Waals surface area contributed by atoms with Crippen molar-refractivity contribution in [3.63, 3.8) is 0 Å². The van der Waals surface area contributed by atoms with Crippen molar-refractivity contribution in [1.29, 1.82) is 0 Å². The van der Waals surface area contributed by atoms with Crippen LogP contribution < -0.4 is 0 Å². The number of aliphatic hydroxyl groups excluding tert-OH is 1. The summed E-state index contributed by atoms with van der Waals surface area (Å²) in [7, 11) is 5.33. The first-order valence-corrected chi connectivity index (χ1v) is 5.39. The van der Waals surface area contributed by atoms with E-state index in [0.29, 0.717) is 0 Å². The molecule has 0 aliphatic rings. The van der Waals surface area contributed by atoms with Crippen LogP contribution in [0, 0.1) is 0 Å². The molecule has 0 amide bonds. The van der Waals surface area contributed by atoms with Gasteiger partial charge < -0.3 is 20.1 Å². The first-order valence-electron chi connectivity index (χ1n) is 4.60. The molecule has 2 unspecified atom stereocenters. The van der Waals surface area contributed by atoms with Gasteiger partial charge in [0.1, 0.15) is 0 Å². The van der Waals surface area contributed by atoms with E-state index in [4.69, 9.17) is 17.7 Å². The zero-order chi connectivity index (χ0) is 12.2. The fraction of sp³-hybridized carbons (Fsp3) is 0.400. The molecule has 0 fully saturated rings. The van der Waals surface area contributed by atoms with E-state index >= 15 is 0 Å². The van der Waals surface area contributed by atoms with Gasteiger partial charge in [-0.15, -0.1) is 0 Å². The molecule has 0 aliphatic carbocycles. The predicted octanol–water partition coefficient (Wildman–Crippen LogP) is 0.0936. The zero-order valence-electron chi connectivity index (χ0n) is 8.51. The molecule has 0 spiro atoms. The molecule has 1 aromatic carbocycles. The predicted molar refractivity (Wildman–Crippen MR) is 62.9 cm³/mol. The molecular formula is C10H12BBrO4. The molecule has 6 heteroatoms. The number of hydrogen-bond donors (Lipinski definition) is 3. The van der Waals surface area contributed by atoms with Crippen molar-refractivity contribution in [1.82, 2.24) is 0 Å². The summed E-state index contributed by atoms with van der Waals surface area (Å²) in [5.74, 6) is 0. The van der Waals surface area contributed by atoms with Crippen LogP contribution in [0.2, 0.25) is 0 Å². The lowest BCUT2D eigenvalue weighted by Crippen LogP contribution is -2.54. The Balaban J connectivity index is 2.61. The number of hydrogen-bond acceptors (Lipinski definition) is 4. The second-order valence-electron chi connectivity index (χ2n) is 3.39. The third-order valence-electron chi connectivity index (χ3n) is 2.06. The van der Waals surface area contributed by atoms with Gasteiger partial charge in [-0.2, -0.15) is 0 Å². The Kier molecular flexibility index (Phi) is 4.52. The first kappa shape index (κ1) is 13.7. The van der Waals surface area contributed by atoms with Crippen LogP contribution in [-0.4, -0.2) is 40.0 Å². The number of halogens is 1. The molecule has 86 valence electrons. The van der Waals surface area contributed by atoms with E-state index in [1.54, 1.807) is 24.3 Å². The third kappa shape index (κ3) is 3.30. The average Bonchev–Trinajstić information content (AvgIpc) is 2.27. The molecule has 2 radical (unpaired) electrons. The number of alkyl halides is 1. The molecule has 3 N–H and O–H groups in total. The molecule has 0 aliphatic heterocycles. The van der Waals surface area contributed by atoms with Gasteiger partial charge in [0, 0.05) is 0 Å². The lowest BCUT2D eigenvalue weighted by molar-refractivity contribution is -0.223. The summed E-state index contributed by atoms with van der Waals surface area (Å²) in [6.45, 7) is -0.767. The van der Waals surface area contributed by atoms with Crippen molar-refractivity contribution >= 4 is 23.8 Å². The summed E-state index contributed by atoms with van der Waals surface area (Å²) >= 11 is 2.68. The van der Waals surface area contributed by atoms with Crippen molar-refractivity contribution in [2.24, 2.45) is 0 Å². The first-order chi connectivity index (χ1) is 7.39. The fourth-order valence-electron chi connectivity index (χ4n) is 0.991. The molecule has 0 bridgehead atoms. The highest BCUT2D eigenvalue weighted by Gasteiger charge is 2.43. The van der Waals surface area contributed by atoms with Crippen LogP contribution in [0.25, 0.3) is 0 Å². The fourth-order valence-corrected chi connectivity index (χ4v) is 1.11. The highest BCUT2D eigenvalue weighted by Crippen LogP contribution is 2.27. The van der Waals surface area contributed by atoms with Crippen LogP contribution in [0.3, 0.4) is 0 Å². The van der Waals surface area contributed by atoms with Crippen LogP contribution in [0.1, 0.15) is 5.56 Å². The molecule has 1 rings (SSSR count). The number of ether oxygens (including phenoxy) is 1. The SMILES string of the molecule is [B]C(O)(OCc1ccccc1)C(O)(Br)CO. The Morgan fingerprint density at radius 1 is 1.25 bits per heavy atom. The van der Waals surface area contributed by atoms with Crippen LogP contribution in [-0.2, 0) is 11.3 Å². The Bertz CT molecular complexity index is 329. The van der Waals surface area contributed by atoms with E-state index in [1.807, 2.05) is 6.07 Å². The maximum Gasteiger partial charge on any atom is 0.186 e. The van der Waals surface area contributed by atoms with Crippen molar-refractivity contribution in [3.05, 3.63) is 35.9 Å². The number of benzene rings is 1. The lowest BCUT2D eigenvalue weighted by Gasteiger charge is -2.35. The van der Waals surface area contributed by atoms with Gasteiger partial charge in [0.05, 0.1) is 13.2 Å². The molecular weight excluding hydrogens is 275 g/mol. The van der Waals surface area contributed by atoms with Crippen molar-refractivity contribution in [2.45, 2.75) is 16.8 Å². The molecule has 0 saturated carbocycles. The van der Waals surface area contributed by atoms with Crippen molar-refractivity contribution in [3.8, 4) is 0 Å². The van der Waals surface area contributed by atoms with Gasteiger partial charge in [0.15, 0.2) is 18.0 Å². The van der Waals surface area contributed by atoms with Crippen LogP contribution in [0.4, 0.5) is 0 Å². The van der Waals surface area contributed by atoms with E-state index in [0.717, 1.165) is 5.56 Å². The monoisotopic (exact) mass is 286 g/mol. The molecule has 0 saturated heterocycles. The smallest absolute Gasteiger partial charge is 0.186 e. The quantitative estimate of drug-likeness (QED) is 0.408. The number of aliphatic hydroxyl groups is 3. The second kappa shape index (κ2) is 5.29. The summed E-state index contributed by atoms with van der Waals surface area (Å²) in [5, 5.41) is 27.9. The van der Waals surface area contributed by atoms with Gasteiger partial charge in [0.25, 0.3) is 0 Å². The molecule has 1 aromatic rings. The van der Waals surface area contributed by atoms with Crippen molar-refractivity contribution < 1.29 is 20.1 Å². The summed E-state index contributed by atoms with van der Waals surface area (Å²) in [6.07, 6.45) is 0. The Morgan fingerprint density at radius 3 is 2.31 bits per heavy atom. The molecule has 4 nitrogen and oxygen atoms in total. The van der Waals surface area contributed by atoms with Gasteiger partial charge in [-0.3, -0.25) is 0 Å². The topological polar surface area (TPSA) is 69.9 Å². The van der Waals surface area contributed by atoms with E-state index in [2.05, 4.69) is 15.9 Å². The molecule has 0 aromatic heterocycles. The van der Waals surface area contributed by atoms with E-state index < -0.39 is 16.8 Å². The van der Waals surface area contributed by atoms with E-state index in [-0.39, 0.29) is 6.61 Å². The molecule has 16 heavy (non-hydrogen) atoms. The standard InChI is InChI=1S/C10H12BBrO4/c11-10(15,9(12,14)7-13)16-6-8-4-2-1-3-5-8/h1-5,13-15H,6-7H2. The molecule has 0 heterocycles. The normalized spacial score (nSPS) is 18.8. The molecule has 2 atom stereocenters. The Labute approximate surface area is 103 Å².